The van der Waals surface area contributed by atoms with Crippen LogP contribution in [0.4, 0.5) is 13.2 Å². The predicted molar refractivity (Wildman–Crippen MR) is 64.9 cm³/mol. The van der Waals surface area contributed by atoms with E-state index in [9.17, 15) is 18.0 Å². The second kappa shape index (κ2) is 6.09. The number of carboxylic acid groups (broad SMARTS) is 1. The zero-order valence-corrected chi connectivity index (χ0v) is 11.3. The van der Waals surface area contributed by atoms with E-state index >= 15 is 0 Å². The first-order valence-corrected chi connectivity index (χ1v) is 6.37. The molecule has 19 heavy (non-hydrogen) atoms. The first-order chi connectivity index (χ1) is 8.69. The fourth-order valence-corrected chi connectivity index (χ4v) is 2.61. The Morgan fingerprint density at radius 3 is 2.26 bits per heavy atom. The van der Waals surface area contributed by atoms with Crippen molar-refractivity contribution in [3.8, 4) is 0 Å². The minimum absolute atomic E-state index is 0.144. The Morgan fingerprint density at radius 2 is 1.89 bits per heavy atom. The summed E-state index contributed by atoms with van der Waals surface area (Å²) in [6.45, 7) is -0.186. The van der Waals surface area contributed by atoms with Crippen molar-refractivity contribution in [3.63, 3.8) is 0 Å². The number of aliphatic carboxylic acids is 1. The van der Waals surface area contributed by atoms with Gasteiger partial charge in [0.05, 0.1) is 0 Å². The standard InChI is InChI=1S/C12H21F3N2O2/c1-17(2)11(5-3-4-6-11)8-16-7-9(10(18)19)12(13,14)15/h9,16H,3-8H2,1-2H3,(H,18,19). The molecule has 0 aromatic rings. The fourth-order valence-electron chi connectivity index (χ4n) is 2.61. The molecule has 0 heterocycles. The predicted octanol–water partition coefficient (Wildman–Crippen LogP) is 1.71. The first kappa shape index (κ1) is 16.2. The molecule has 1 fully saturated rings. The lowest BCUT2D eigenvalue weighted by Gasteiger charge is -2.37. The quantitative estimate of drug-likeness (QED) is 0.779. The van der Waals surface area contributed by atoms with Crippen LogP contribution in [0.3, 0.4) is 0 Å². The van der Waals surface area contributed by atoms with E-state index in [-0.39, 0.29) is 5.54 Å². The first-order valence-electron chi connectivity index (χ1n) is 6.37. The summed E-state index contributed by atoms with van der Waals surface area (Å²) in [5, 5.41) is 11.3. The number of hydrogen-bond donors (Lipinski definition) is 2. The Balaban J connectivity index is 2.54. The molecule has 1 saturated carbocycles. The molecule has 1 atom stereocenters. The van der Waals surface area contributed by atoms with Crippen LogP contribution in [-0.4, -0.2) is 54.9 Å². The van der Waals surface area contributed by atoms with Gasteiger partial charge in [-0.15, -0.1) is 0 Å². The van der Waals surface area contributed by atoms with Crippen LogP contribution < -0.4 is 5.32 Å². The zero-order chi connectivity index (χ0) is 14.7. The van der Waals surface area contributed by atoms with E-state index in [0.29, 0.717) is 6.54 Å². The van der Waals surface area contributed by atoms with Gasteiger partial charge in [-0.3, -0.25) is 4.79 Å². The maximum absolute atomic E-state index is 12.5. The maximum Gasteiger partial charge on any atom is 0.403 e. The van der Waals surface area contributed by atoms with Crippen molar-refractivity contribution in [1.29, 1.82) is 0 Å². The monoisotopic (exact) mass is 282 g/mol. The molecular formula is C12H21F3N2O2. The van der Waals surface area contributed by atoms with Crippen molar-refractivity contribution in [1.82, 2.24) is 10.2 Å². The average molecular weight is 282 g/mol. The maximum atomic E-state index is 12.5. The third-order valence-electron chi connectivity index (χ3n) is 3.98. The van der Waals surface area contributed by atoms with Gasteiger partial charge in [-0.25, -0.2) is 0 Å². The van der Waals surface area contributed by atoms with E-state index in [2.05, 4.69) is 5.32 Å². The zero-order valence-electron chi connectivity index (χ0n) is 11.3. The number of nitrogens with zero attached hydrogens (tertiary/aromatic N) is 1. The smallest absolute Gasteiger partial charge is 0.403 e. The van der Waals surface area contributed by atoms with E-state index in [1.54, 1.807) is 0 Å². The molecule has 112 valence electrons. The van der Waals surface area contributed by atoms with E-state index in [4.69, 9.17) is 5.11 Å². The van der Waals surface area contributed by atoms with Gasteiger partial charge in [0.1, 0.15) is 0 Å². The summed E-state index contributed by atoms with van der Waals surface area (Å²) < 4.78 is 37.5. The molecule has 1 unspecified atom stereocenters. The van der Waals surface area contributed by atoms with Crippen LogP contribution in [0.25, 0.3) is 0 Å². The van der Waals surface area contributed by atoms with Gasteiger partial charge in [0, 0.05) is 18.6 Å². The number of nitrogens with one attached hydrogen (secondary N) is 1. The van der Waals surface area contributed by atoms with Crippen molar-refractivity contribution in [2.24, 2.45) is 5.92 Å². The van der Waals surface area contributed by atoms with Crippen LogP contribution in [0.1, 0.15) is 25.7 Å². The summed E-state index contributed by atoms with van der Waals surface area (Å²) in [4.78, 5) is 12.6. The summed E-state index contributed by atoms with van der Waals surface area (Å²) in [5.41, 5.74) is -0.144. The molecule has 0 spiro atoms. The highest BCUT2D eigenvalue weighted by Gasteiger charge is 2.45. The molecule has 1 aliphatic carbocycles. The second-order valence-electron chi connectivity index (χ2n) is 5.39. The Morgan fingerprint density at radius 1 is 1.37 bits per heavy atom. The van der Waals surface area contributed by atoms with Gasteiger partial charge in [0.15, 0.2) is 5.92 Å². The summed E-state index contributed by atoms with van der Waals surface area (Å²) >= 11 is 0. The summed E-state index contributed by atoms with van der Waals surface area (Å²) in [5.74, 6) is -4.17. The Labute approximate surface area is 111 Å². The number of carbonyl (C=O) groups is 1. The van der Waals surface area contributed by atoms with Gasteiger partial charge in [-0.2, -0.15) is 13.2 Å². The number of carboxylic acids is 1. The van der Waals surface area contributed by atoms with Crippen LogP contribution in [0, 0.1) is 5.92 Å². The van der Waals surface area contributed by atoms with Crippen molar-refractivity contribution >= 4 is 5.97 Å². The molecule has 0 aromatic carbocycles. The summed E-state index contributed by atoms with van der Waals surface area (Å²) in [6.07, 6.45) is -0.740. The SMILES string of the molecule is CN(C)C1(CNCC(C(=O)O)C(F)(F)F)CCCC1. The Kier molecular flexibility index (Phi) is 5.20. The third kappa shape index (κ3) is 4.07. The molecule has 1 rings (SSSR count). The van der Waals surface area contributed by atoms with E-state index in [0.717, 1.165) is 25.7 Å². The molecule has 2 N–H and O–H groups in total. The molecule has 1 aliphatic rings. The van der Waals surface area contributed by atoms with Gasteiger partial charge in [0.2, 0.25) is 0 Å². The van der Waals surface area contributed by atoms with Crippen molar-refractivity contribution in [3.05, 3.63) is 0 Å². The molecule has 0 aliphatic heterocycles. The highest BCUT2D eigenvalue weighted by molar-refractivity contribution is 5.71. The lowest BCUT2D eigenvalue weighted by molar-refractivity contribution is -0.192. The number of rotatable bonds is 6. The van der Waals surface area contributed by atoms with Crippen LogP contribution in [0.5, 0.6) is 0 Å². The van der Waals surface area contributed by atoms with Gasteiger partial charge in [-0.1, -0.05) is 12.8 Å². The minimum atomic E-state index is -4.71. The molecule has 7 heteroatoms. The average Bonchev–Trinajstić information content (AvgIpc) is 2.71. The molecule has 0 saturated heterocycles. The molecule has 0 aromatic heterocycles. The van der Waals surface area contributed by atoms with E-state index in [1.807, 2.05) is 19.0 Å². The summed E-state index contributed by atoms with van der Waals surface area (Å²) in [6, 6.07) is 0. The second-order valence-corrected chi connectivity index (χ2v) is 5.39. The van der Waals surface area contributed by atoms with Gasteiger partial charge >= 0.3 is 12.1 Å². The van der Waals surface area contributed by atoms with Gasteiger partial charge in [-0.05, 0) is 26.9 Å². The molecule has 0 amide bonds. The fraction of sp³-hybridized carbons (Fsp3) is 0.917. The lowest BCUT2D eigenvalue weighted by Crippen LogP contribution is -2.51. The lowest BCUT2D eigenvalue weighted by atomic mass is 9.95. The normalized spacial score (nSPS) is 20.7. The molecule has 0 bridgehead atoms. The summed E-state index contributed by atoms with van der Waals surface area (Å²) in [7, 11) is 3.82. The highest BCUT2D eigenvalue weighted by atomic mass is 19.4. The van der Waals surface area contributed by atoms with Gasteiger partial charge < -0.3 is 15.3 Å². The van der Waals surface area contributed by atoms with Crippen LogP contribution in [0.15, 0.2) is 0 Å². The number of alkyl halides is 3. The van der Waals surface area contributed by atoms with E-state index in [1.165, 1.54) is 0 Å². The molecule has 0 radical (unpaired) electrons. The molecule has 4 nitrogen and oxygen atoms in total. The van der Waals surface area contributed by atoms with Crippen molar-refractivity contribution < 1.29 is 23.1 Å². The van der Waals surface area contributed by atoms with Gasteiger partial charge in [0.25, 0.3) is 0 Å². The molecular weight excluding hydrogens is 261 g/mol. The Hall–Kier alpha value is -0.820. The Bertz CT molecular complexity index is 313. The van der Waals surface area contributed by atoms with Crippen LogP contribution >= 0.6 is 0 Å². The number of likely N-dealkylation sites (N-methyl/N-ethyl adjacent to an activating group) is 1. The van der Waals surface area contributed by atoms with Crippen LogP contribution in [0.2, 0.25) is 0 Å². The van der Waals surface area contributed by atoms with Crippen molar-refractivity contribution in [2.75, 3.05) is 27.2 Å². The minimum Gasteiger partial charge on any atom is -0.481 e. The highest BCUT2D eigenvalue weighted by Crippen LogP contribution is 2.33. The van der Waals surface area contributed by atoms with Crippen LogP contribution in [-0.2, 0) is 4.79 Å². The number of halogens is 3. The van der Waals surface area contributed by atoms with Crippen molar-refractivity contribution in [2.45, 2.75) is 37.4 Å². The van der Waals surface area contributed by atoms with E-state index < -0.39 is 24.6 Å². The third-order valence-corrected chi connectivity index (χ3v) is 3.98. The largest absolute Gasteiger partial charge is 0.481 e. The number of hydrogen-bond acceptors (Lipinski definition) is 3. The topological polar surface area (TPSA) is 52.6 Å².